The van der Waals surface area contributed by atoms with Crippen LogP contribution in [0.25, 0.3) is 27.6 Å². The monoisotopic (exact) mass is 419 g/mol. The van der Waals surface area contributed by atoms with Gasteiger partial charge in [0.05, 0.1) is 11.4 Å². The van der Waals surface area contributed by atoms with E-state index in [0.29, 0.717) is 18.2 Å². The molecule has 5 rings (SSSR count). The lowest BCUT2D eigenvalue weighted by molar-refractivity contribution is 0.627. The summed E-state index contributed by atoms with van der Waals surface area (Å²) in [6.07, 6.45) is 3.61. The van der Waals surface area contributed by atoms with E-state index in [1.165, 1.54) is 35.6 Å². The molecule has 30 heavy (non-hydrogen) atoms. The van der Waals surface area contributed by atoms with Crippen LogP contribution in [0.1, 0.15) is 5.56 Å². The maximum atomic E-state index is 13.4. The van der Waals surface area contributed by atoms with E-state index in [1.54, 1.807) is 30.5 Å². The van der Waals surface area contributed by atoms with Crippen LogP contribution in [0, 0.1) is 11.6 Å². The molecule has 0 aliphatic rings. The highest BCUT2D eigenvalue weighted by Gasteiger charge is 2.18. The summed E-state index contributed by atoms with van der Waals surface area (Å²) in [5.41, 5.74) is 3.95. The lowest BCUT2D eigenvalue weighted by atomic mass is 10.1. The first-order chi connectivity index (χ1) is 14.7. The number of benzene rings is 2. The first-order valence-electron chi connectivity index (χ1n) is 9.20. The molecule has 5 nitrogen and oxygen atoms in total. The van der Waals surface area contributed by atoms with E-state index < -0.39 is 0 Å². The zero-order valence-electron chi connectivity index (χ0n) is 15.6. The van der Waals surface area contributed by atoms with Crippen LogP contribution in [0.3, 0.4) is 0 Å². The van der Waals surface area contributed by atoms with Crippen LogP contribution >= 0.6 is 11.3 Å². The number of anilines is 1. The first kappa shape index (κ1) is 18.4. The van der Waals surface area contributed by atoms with Crippen LogP contribution in [0.5, 0.6) is 0 Å². The summed E-state index contributed by atoms with van der Waals surface area (Å²) in [7, 11) is 0. The van der Waals surface area contributed by atoms with Crippen molar-refractivity contribution in [2.75, 3.05) is 5.32 Å². The predicted molar refractivity (Wildman–Crippen MR) is 113 cm³/mol. The van der Waals surface area contributed by atoms with E-state index in [4.69, 9.17) is 4.98 Å². The standard InChI is InChI=1S/C22H15F2N5S/c23-16-5-1-14(2-6-16)13-26-21-25-10-9-18(27-21)20-19(15-3-7-17(24)8-4-15)28-22-29(20)11-12-30-22/h1-12H,13H2,(H,25,26,27). The van der Waals surface area contributed by atoms with Crippen LogP contribution < -0.4 is 5.32 Å². The Bertz CT molecular complexity index is 1310. The van der Waals surface area contributed by atoms with Gasteiger partial charge in [-0.1, -0.05) is 12.1 Å². The third-order valence-corrected chi connectivity index (χ3v) is 5.40. The molecule has 1 N–H and O–H groups in total. The summed E-state index contributed by atoms with van der Waals surface area (Å²) in [6.45, 7) is 0.467. The van der Waals surface area contributed by atoms with Gasteiger partial charge in [0.2, 0.25) is 5.95 Å². The molecule has 148 valence electrons. The number of halogens is 2. The van der Waals surface area contributed by atoms with Crippen molar-refractivity contribution in [3.63, 3.8) is 0 Å². The lowest BCUT2D eigenvalue weighted by Gasteiger charge is -2.08. The molecular formula is C22H15F2N5S. The van der Waals surface area contributed by atoms with Gasteiger partial charge in [-0.2, -0.15) is 0 Å². The fraction of sp³-hybridized carbons (Fsp3) is 0.0455. The van der Waals surface area contributed by atoms with Gasteiger partial charge in [-0.05, 0) is 48.0 Å². The van der Waals surface area contributed by atoms with Crippen molar-refractivity contribution in [2.45, 2.75) is 6.54 Å². The van der Waals surface area contributed by atoms with Crippen molar-refractivity contribution in [1.82, 2.24) is 19.4 Å². The quantitative estimate of drug-likeness (QED) is 0.414. The average molecular weight is 419 g/mol. The smallest absolute Gasteiger partial charge is 0.223 e. The summed E-state index contributed by atoms with van der Waals surface area (Å²) in [4.78, 5) is 14.5. The van der Waals surface area contributed by atoms with Gasteiger partial charge in [-0.15, -0.1) is 11.3 Å². The molecule has 0 spiro atoms. The van der Waals surface area contributed by atoms with Gasteiger partial charge in [0.25, 0.3) is 0 Å². The zero-order chi connectivity index (χ0) is 20.5. The molecule has 0 fully saturated rings. The molecule has 3 heterocycles. The van der Waals surface area contributed by atoms with E-state index in [0.717, 1.165) is 27.5 Å². The average Bonchev–Trinajstić information content (AvgIpc) is 3.35. The second kappa shape index (κ2) is 7.64. The summed E-state index contributed by atoms with van der Waals surface area (Å²) in [6, 6.07) is 14.3. The van der Waals surface area contributed by atoms with Crippen LogP contribution in [0.2, 0.25) is 0 Å². The third kappa shape index (κ3) is 3.53. The normalized spacial score (nSPS) is 11.1. The van der Waals surface area contributed by atoms with Crippen molar-refractivity contribution in [3.8, 4) is 22.6 Å². The summed E-state index contributed by atoms with van der Waals surface area (Å²) < 4.78 is 28.5. The van der Waals surface area contributed by atoms with Gasteiger partial charge in [-0.3, -0.25) is 4.40 Å². The Labute approximate surface area is 174 Å². The molecule has 5 aromatic rings. The molecule has 0 atom stereocenters. The Morgan fingerprint density at radius 1 is 0.900 bits per heavy atom. The van der Waals surface area contributed by atoms with Gasteiger partial charge in [0.15, 0.2) is 4.96 Å². The maximum Gasteiger partial charge on any atom is 0.223 e. The number of thiazole rings is 1. The van der Waals surface area contributed by atoms with Crippen molar-refractivity contribution in [1.29, 1.82) is 0 Å². The molecule has 0 unspecified atom stereocenters. The van der Waals surface area contributed by atoms with Crippen molar-refractivity contribution < 1.29 is 8.78 Å². The molecule has 0 saturated heterocycles. The minimum atomic E-state index is -0.296. The highest BCUT2D eigenvalue weighted by Crippen LogP contribution is 2.33. The molecule has 0 bridgehead atoms. The second-order valence-electron chi connectivity index (χ2n) is 6.62. The fourth-order valence-corrected chi connectivity index (χ4v) is 3.91. The van der Waals surface area contributed by atoms with Gasteiger partial charge in [0, 0.05) is 29.9 Å². The summed E-state index contributed by atoms with van der Waals surface area (Å²) in [5, 5.41) is 5.12. The number of fused-ring (bicyclic) bond motifs is 1. The van der Waals surface area contributed by atoms with E-state index in [2.05, 4.69) is 15.3 Å². The highest BCUT2D eigenvalue weighted by atomic mass is 32.1. The number of rotatable bonds is 5. The zero-order valence-corrected chi connectivity index (χ0v) is 16.4. The Kier molecular flexibility index (Phi) is 4.68. The van der Waals surface area contributed by atoms with Crippen molar-refractivity contribution in [2.24, 2.45) is 0 Å². The van der Waals surface area contributed by atoms with Crippen molar-refractivity contribution >= 4 is 22.2 Å². The molecule has 2 aromatic carbocycles. The maximum absolute atomic E-state index is 13.4. The molecule has 0 aliphatic heterocycles. The molecule has 0 saturated carbocycles. The number of imidazole rings is 1. The Hall–Kier alpha value is -3.65. The molecule has 0 radical (unpaired) electrons. The van der Waals surface area contributed by atoms with E-state index in [9.17, 15) is 8.78 Å². The van der Waals surface area contributed by atoms with Crippen LogP contribution in [-0.2, 0) is 6.54 Å². The minimum Gasteiger partial charge on any atom is -0.350 e. The summed E-state index contributed by atoms with van der Waals surface area (Å²) >= 11 is 1.52. The van der Waals surface area contributed by atoms with E-state index >= 15 is 0 Å². The van der Waals surface area contributed by atoms with Gasteiger partial charge >= 0.3 is 0 Å². The summed E-state index contributed by atoms with van der Waals surface area (Å²) in [5.74, 6) is -0.117. The van der Waals surface area contributed by atoms with Crippen LogP contribution in [0.4, 0.5) is 14.7 Å². The Balaban J connectivity index is 1.51. The van der Waals surface area contributed by atoms with E-state index in [-0.39, 0.29) is 11.6 Å². The number of nitrogens with one attached hydrogen (secondary N) is 1. The molecule has 3 aromatic heterocycles. The van der Waals surface area contributed by atoms with Crippen molar-refractivity contribution in [3.05, 3.63) is 89.6 Å². The minimum absolute atomic E-state index is 0.272. The Morgan fingerprint density at radius 3 is 2.40 bits per heavy atom. The first-order valence-corrected chi connectivity index (χ1v) is 10.1. The molecule has 0 aliphatic carbocycles. The van der Waals surface area contributed by atoms with Gasteiger partial charge in [0.1, 0.15) is 17.3 Å². The predicted octanol–water partition coefficient (Wildman–Crippen LogP) is 5.41. The number of nitrogens with zero attached hydrogens (tertiary/aromatic N) is 4. The largest absolute Gasteiger partial charge is 0.350 e. The number of aromatic nitrogens is 4. The third-order valence-electron chi connectivity index (χ3n) is 4.64. The molecular weight excluding hydrogens is 404 g/mol. The topological polar surface area (TPSA) is 55.1 Å². The van der Waals surface area contributed by atoms with Crippen LogP contribution in [0.15, 0.2) is 72.4 Å². The lowest BCUT2D eigenvalue weighted by Crippen LogP contribution is -2.04. The molecule has 0 amide bonds. The highest BCUT2D eigenvalue weighted by molar-refractivity contribution is 7.15. The fourth-order valence-electron chi connectivity index (χ4n) is 3.20. The van der Waals surface area contributed by atoms with E-state index in [1.807, 2.05) is 22.0 Å². The van der Waals surface area contributed by atoms with Gasteiger partial charge < -0.3 is 5.32 Å². The Morgan fingerprint density at radius 2 is 1.63 bits per heavy atom. The second-order valence-corrected chi connectivity index (χ2v) is 7.49. The van der Waals surface area contributed by atoms with Gasteiger partial charge in [-0.25, -0.2) is 23.7 Å². The number of hydrogen-bond donors (Lipinski definition) is 1. The SMILES string of the molecule is Fc1ccc(CNc2nccc(-c3c(-c4ccc(F)cc4)nc4sccn34)n2)cc1. The molecule has 8 heteroatoms. The number of hydrogen-bond acceptors (Lipinski definition) is 5. The van der Waals surface area contributed by atoms with Crippen LogP contribution in [-0.4, -0.2) is 19.4 Å².